The van der Waals surface area contributed by atoms with Gasteiger partial charge in [-0.15, -0.1) is 11.3 Å². The highest BCUT2D eigenvalue weighted by atomic mass is 32.1. The van der Waals surface area contributed by atoms with Crippen molar-refractivity contribution in [3.63, 3.8) is 0 Å². The number of carbonyl (C=O) groups is 1. The van der Waals surface area contributed by atoms with E-state index in [0.717, 1.165) is 4.88 Å². The predicted octanol–water partition coefficient (Wildman–Crippen LogP) is 1.66. The van der Waals surface area contributed by atoms with E-state index in [1.54, 1.807) is 6.20 Å². The maximum atomic E-state index is 11.1. The number of hydrogen-bond acceptors (Lipinski definition) is 5. The van der Waals surface area contributed by atoms with Crippen LogP contribution < -0.4 is 0 Å². The molecule has 0 atom stereocenters. The lowest BCUT2D eigenvalue weighted by molar-refractivity contribution is -0.141. The topological polar surface area (TPSA) is 67.9 Å². The second-order valence-corrected chi connectivity index (χ2v) is 4.20. The summed E-state index contributed by atoms with van der Waals surface area (Å²) in [7, 11) is 1.32. The highest BCUT2D eigenvalue weighted by Crippen LogP contribution is 2.25. The first kappa shape index (κ1) is 11.4. The molecule has 0 aliphatic rings. The predicted molar refractivity (Wildman–Crippen MR) is 62.3 cm³/mol. The minimum atomic E-state index is -0.394. The molecule has 0 spiro atoms. The van der Waals surface area contributed by atoms with Crippen molar-refractivity contribution in [1.82, 2.24) is 9.78 Å². The fraction of sp³-hybridized carbons (Fsp3) is 0.182. The van der Waals surface area contributed by atoms with E-state index in [0.29, 0.717) is 11.3 Å². The maximum absolute atomic E-state index is 11.1. The van der Waals surface area contributed by atoms with Gasteiger partial charge in [0.25, 0.3) is 0 Å². The number of hydrogen-bond donors (Lipinski definition) is 0. The minimum Gasteiger partial charge on any atom is -0.468 e. The van der Waals surface area contributed by atoms with Crippen LogP contribution in [0, 0.1) is 11.3 Å². The number of methoxy groups -OCH3 is 1. The number of esters is 1. The Morgan fingerprint density at radius 1 is 1.71 bits per heavy atom. The first-order valence-corrected chi connectivity index (χ1v) is 5.71. The van der Waals surface area contributed by atoms with Gasteiger partial charge in [0.05, 0.1) is 17.6 Å². The van der Waals surface area contributed by atoms with Gasteiger partial charge >= 0.3 is 5.97 Å². The van der Waals surface area contributed by atoms with Crippen LogP contribution in [-0.2, 0) is 16.1 Å². The summed E-state index contributed by atoms with van der Waals surface area (Å²) in [6.45, 7) is 0.0105. The molecule has 86 valence electrons. The summed E-state index contributed by atoms with van der Waals surface area (Å²) in [6, 6.07) is 5.84. The molecule has 0 bridgehead atoms. The fourth-order valence-corrected chi connectivity index (χ4v) is 2.10. The zero-order chi connectivity index (χ0) is 12.3. The molecule has 2 aromatic heterocycles. The number of nitrogens with zero attached hydrogens (tertiary/aromatic N) is 3. The minimum absolute atomic E-state index is 0.0105. The average molecular weight is 247 g/mol. The quantitative estimate of drug-likeness (QED) is 0.773. The molecule has 0 aliphatic heterocycles. The van der Waals surface area contributed by atoms with Crippen LogP contribution in [0.5, 0.6) is 0 Å². The molecule has 0 fully saturated rings. The Morgan fingerprint density at radius 3 is 3.12 bits per heavy atom. The molecular formula is C11H9N3O2S. The Bertz CT molecular complexity index is 566. The van der Waals surface area contributed by atoms with E-state index in [-0.39, 0.29) is 6.54 Å². The third kappa shape index (κ3) is 2.34. The van der Waals surface area contributed by atoms with Crippen molar-refractivity contribution >= 4 is 17.3 Å². The Kier molecular flexibility index (Phi) is 3.21. The SMILES string of the molecule is COC(=O)Cn1cc(C#N)c(-c2cccs2)n1. The van der Waals surface area contributed by atoms with Crippen LogP contribution in [0.25, 0.3) is 10.6 Å². The zero-order valence-corrected chi connectivity index (χ0v) is 9.90. The van der Waals surface area contributed by atoms with Gasteiger partial charge in [-0.3, -0.25) is 9.48 Å². The Morgan fingerprint density at radius 2 is 2.53 bits per heavy atom. The standard InChI is InChI=1S/C11H9N3O2S/c1-16-10(15)7-14-6-8(5-12)11(13-14)9-3-2-4-17-9/h2-4,6H,7H2,1H3. The third-order valence-electron chi connectivity index (χ3n) is 2.16. The largest absolute Gasteiger partial charge is 0.468 e. The first-order valence-electron chi connectivity index (χ1n) is 4.83. The molecule has 0 aliphatic carbocycles. The van der Waals surface area contributed by atoms with Crippen molar-refractivity contribution in [2.24, 2.45) is 0 Å². The summed E-state index contributed by atoms with van der Waals surface area (Å²) < 4.78 is 5.96. The molecule has 2 aromatic rings. The van der Waals surface area contributed by atoms with E-state index in [1.807, 2.05) is 17.5 Å². The lowest BCUT2D eigenvalue weighted by Crippen LogP contribution is -2.11. The number of rotatable bonds is 3. The molecule has 0 amide bonds. The summed E-state index contributed by atoms with van der Waals surface area (Å²) in [5.74, 6) is -0.394. The lowest BCUT2D eigenvalue weighted by atomic mass is 10.2. The zero-order valence-electron chi connectivity index (χ0n) is 9.08. The van der Waals surface area contributed by atoms with Crippen LogP contribution in [-0.4, -0.2) is 22.9 Å². The van der Waals surface area contributed by atoms with Crippen molar-refractivity contribution in [2.75, 3.05) is 7.11 Å². The number of thiophene rings is 1. The molecule has 2 rings (SSSR count). The van der Waals surface area contributed by atoms with Crippen molar-refractivity contribution in [3.05, 3.63) is 29.3 Å². The van der Waals surface area contributed by atoms with E-state index in [4.69, 9.17) is 5.26 Å². The van der Waals surface area contributed by atoms with Crippen molar-refractivity contribution in [3.8, 4) is 16.6 Å². The molecule has 0 unspecified atom stereocenters. The van der Waals surface area contributed by atoms with E-state index in [9.17, 15) is 4.79 Å². The second-order valence-electron chi connectivity index (χ2n) is 3.25. The smallest absolute Gasteiger partial charge is 0.327 e. The van der Waals surface area contributed by atoms with Gasteiger partial charge in [0.1, 0.15) is 18.3 Å². The third-order valence-corrected chi connectivity index (χ3v) is 3.03. The summed E-state index contributed by atoms with van der Waals surface area (Å²) in [5.41, 5.74) is 1.06. The van der Waals surface area contributed by atoms with Crippen LogP contribution in [0.1, 0.15) is 5.56 Å². The fourth-order valence-electron chi connectivity index (χ4n) is 1.38. The van der Waals surface area contributed by atoms with Crippen molar-refractivity contribution in [1.29, 1.82) is 5.26 Å². The van der Waals surface area contributed by atoms with E-state index < -0.39 is 5.97 Å². The van der Waals surface area contributed by atoms with Gasteiger partial charge in [0, 0.05) is 6.20 Å². The molecule has 5 nitrogen and oxygen atoms in total. The van der Waals surface area contributed by atoms with Gasteiger partial charge in [-0.05, 0) is 11.4 Å². The Hall–Kier alpha value is -2.13. The molecule has 0 saturated heterocycles. The molecule has 0 saturated carbocycles. The van der Waals surface area contributed by atoms with Crippen molar-refractivity contribution in [2.45, 2.75) is 6.54 Å². The molecule has 2 heterocycles. The highest BCUT2D eigenvalue weighted by molar-refractivity contribution is 7.13. The molecule has 0 radical (unpaired) electrons. The summed E-state index contributed by atoms with van der Waals surface area (Å²) >= 11 is 1.50. The van der Waals surface area contributed by atoms with Gasteiger partial charge in [-0.25, -0.2) is 0 Å². The summed E-state index contributed by atoms with van der Waals surface area (Å²) in [5, 5.41) is 15.1. The lowest BCUT2D eigenvalue weighted by Gasteiger charge is -1.98. The maximum Gasteiger partial charge on any atom is 0.327 e. The van der Waals surface area contributed by atoms with Gasteiger partial charge in [-0.1, -0.05) is 6.07 Å². The van der Waals surface area contributed by atoms with E-state index in [1.165, 1.54) is 23.1 Å². The monoisotopic (exact) mass is 247 g/mol. The molecular weight excluding hydrogens is 238 g/mol. The van der Waals surface area contributed by atoms with Crippen LogP contribution in [0.3, 0.4) is 0 Å². The molecule has 17 heavy (non-hydrogen) atoms. The van der Waals surface area contributed by atoms with E-state index in [2.05, 4.69) is 15.9 Å². The summed E-state index contributed by atoms with van der Waals surface area (Å²) in [6.07, 6.45) is 1.55. The number of carbonyl (C=O) groups excluding carboxylic acids is 1. The van der Waals surface area contributed by atoms with Crippen LogP contribution in [0.2, 0.25) is 0 Å². The van der Waals surface area contributed by atoms with Gasteiger partial charge < -0.3 is 4.74 Å². The molecule has 0 N–H and O–H groups in total. The highest BCUT2D eigenvalue weighted by Gasteiger charge is 2.13. The first-order chi connectivity index (χ1) is 8.24. The normalized spacial score (nSPS) is 9.88. The Labute approximate surface area is 102 Å². The molecule has 6 heteroatoms. The molecule has 0 aromatic carbocycles. The van der Waals surface area contributed by atoms with Gasteiger partial charge in [-0.2, -0.15) is 10.4 Å². The average Bonchev–Trinajstić information content (AvgIpc) is 2.96. The van der Waals surface area contributed by atoms with E-state index >= 15 is 0 Å². The summed E-state index contributed by atoms with van der Waals surface area (Å²) in [4.78, 5) is 12.0. The van der Waals surface area contributed by atoms with Gasteiger partial charge in [0.2, 0.25) is 0 Å². The van der Waals surface area contributed by atoms with Crippen molar-refractivity contribution < 1.29 is 9.53 Å². The van der Waals surface area contributed by atoms with Crippen LogP contribution in [0.15, 0.2) is 23.7 Å². The number of nitriles is 1. The second kappa shape index (κ2) is 4.80. The Balaban J connectivity index is 2.34. The number of aromatic nitrogens is 2. The number of ether oxygens (including phenoxy) is 1. The van der Waals surface area contributed by atoms with Crippen LogP contribution in [0.4, 0.5) is 0 Å². The van der Waals surface area contributed by atoms with Crippen LogP contribution >= 0.6 is 11.3 Å². The van der Waals surface area contributed by atoms with Gasteiger partial charge in [0.15, 0.2) is 0 Å².